The van der Waals surface area contributed by atoms with Crippen molar-refractivity contribution >= 4 is 40.8 Å². The first kappa shape index (κ1) is 27.5. The maximum absolute atomic E-state index is 12.6. The maximum atomic E-state index is 12.6. The molecule has 1 aromatic heterocycles. The molecule has 1 atom stereocenters. The van der Waals surface area contributed by atoms with E-state index in [2.05, 4.69) is 39.5 Å². The van der Waals surface area contributed by atoms with E-state index in [4.69, 9.17) is 27.9 Å². The van der Waals surface area contributed by atoms with Crippen LogP contribution in [-0.4, -0.2) is 48.3 Å². The molecular formula is C28H31Cl2N3O3. The van der Waals surface area contributed by atoms with Gasteiger partial charge in [0.05, 0.1) is 12.1 Å². The fourth-order valence-corrected chi connectivity index (χ4v) is 4.19. The van der Waals surface area contributed by atoms with Gasteiger partial charge in [0.2, 0.25) is 0 Å². The molecule has 0 saturated heterocycles. The highest BCUT2D eigenvalue weighted by Crippen LogP contribution is 2.20. The lowest BCUT2D eigenvalue weighted by Crippen LogP contribution is -2.30. The summed E-state index contributed by atoms with van der Waals surface area (Å²) in [5.41, 5.74) is 3.51. The summed E-state index contributed by atoms with van der Waals surface area (Å²) in [6.07, 6.45) is 4.24. The zero-order valence-electron chi connectivity index (χ0n) is 20.1. The summed E-state index contributed by atoms with van der Waals surface area (Å²) in [5, 5.41) is 2.84. The highest BCUT2D eigenvalue weighted by molar-refractivity contribution is 6.18. The molecule has 8 heteroatoms. The normalized spacial score (nSPS) is 11.5. The van der Waals surface area contributed by atoms with Crippen molar-refractivity contribution in [2.75, 3.05) is 36.3 Å². The predicted octanol–water partition coefficient (Wildman–Crippen LogP) is 5.40. The lowest BCUT2D eigenvalue weighted by molar-refractivity contribution is -0.149. The second-order valence-corrected chi connectivity index (χ2v) is 8.98. The molecule has 36 heavy (non-hydrogen) atoms. The number of hydrogen-bond acceptors (Lipinski definition) is 5. The molecule has 0 aliphatic heterocycles. The number of amides is 1. The molecule has 1 unspecified atom stereocenters. The molecule has 0 spiro atoms. The number of hydrogen-bond donors (Lipinski definition) is 1. The third-order valence-corrected chi connectivity index (χ3v) is 6.01. The van der Waals surface area contributed by atoms with Gasteiger partial charge in [-0.15, -0.1) is 23.2 Å². The smallest absolute Gasteiger partial charge is 0.306 e. The Balaban J connectivity index is 1.51. The van der Waals surface area contributed by atoms with E-state index < -0.39 is 6.10 Å². The Morgan fingerprint density at radius 3 is 2.31 bits per heavy atom. The van der Waals surface area contributed by atoms with Crippen molar-refractivity contribution in [3.05, 3.63) is 95.8 Å². The minimum atomic E-state index is -0.576. The Morgan fingerprint density at radius 1 is 0.944 bits per heavy atom. The Hall–Kier alpha value is -3.09. The highest BCUT2D eigenvalue weighted by Gasteiger charge is 2.18. The average Bonchev–Trinajstić information content (AvgIpc) is 2.92. The molecular weight excluding hydrogens is 497 g/mol. The van der Waals surface area contributed by atoms with E-state index in [1.54, 1.807) is 18.3 Å². The van der Waals surface area contributed by atoms with Crippen molar-refractivity contribution in [3.8, 4) is 0 Å². The molecule has 0 bridgehead atoms. The lowest BCUT2D eigenvalue weighted by Gasteiger charge is -2.23. The Labute approximate surface area is 222 Å². The second kappa shape index (κ2) is 15.1. The van der Waals surface area contributed by atoms with Crippen molar-refractivity contribution in [1.82, 2.24) is 10.3 Å². The van der Waals surface area contributed by atoms with Gasteiger partial charge in [-0.3, -0.25) is 14.6 Å². The highest BCUT2D eigenvalue weighted by atomic mass is 35.5. The van der Waals surface area contributed by atoms with Crippen molar-refractivity contribution in [2.45, 2.75) is 25.4 Å². The summed E-state index contributed by atoms with van der Waals surface area (Å²) in [6.45, 7) is 1.65. The summed E-state index contributed by atoms with van der Waals surface area (Å²) in [5.74, 6) is 0.515. The van der Waals surface area contributed by atoms with Gasteiger partial charge in [-0.2, -0.15) is 0 Å². The van der Waals surface area contributed by atoms with Gasteiger partial charge in [0.25, 0.3) is 5.91 Å². The lowest BCUT2D eigenvalue weighted by atomic mass is 10.1. The number of anilines is 1. The van der Waals surface area contributed by atoms with E-state index in [9.17, 15) is 9.59 Å². The van der Waals surface area contributed by atoms with E-state index in [0.717, 1.165) is 36.3 Å². The number of carbonyl (C=O) groups is 2. The Kier molecular flexibility index (Phi) is 11.5. The predicted molar refractivity (Wildman–Crippen MR) is 145 cm³/mol. The number of nitrogens with zero attached hydrogens (tertiary/aromatic N) is 2. The van der Waals surface area contributed by atoms with Gasteiger partial charge in [0, 0.05) is 49.4 Å². The summed E-state index contributed by atoms with van der Waals surface area (Å²) in [4.78, 5) is 31.2. The fourth-order valence-electron chi connectivity index (χ4n) is 3.78. The largest absolute Gasteiger partial charge is 0.456 e. The van der Waals surface area contributed by atoms with Crippen molar-refractivity contribution < 1.29 is 14.3 Å². The van der Waals surface area contributed by atoms with Crippen molar-refractivity contribution in [2.24, 2.45) is 0 Å². The van der Waals surface area contributed by atoms with Crippen molar-refractivity contribution in [1.29, 1.82) is 0 Å². The molecule has 3 aromatic rings. The number of ether oxygens (including phenoxy) is 1. The number of esters is 1. The van der Waals surface area contributed by atoms with Crippen LogP contribution in [0.15, 0.2) is 79.1 Å². The molecule has 1 amide bonds. The molecule has 0 saturated carbocycles. The molecule has 6 nitrogen and oxygen atoms in total. The standard InChI is InChI=1S/C28H31Cl2N3O3/c29-15-18-33(19-16-30)25-13-11-22(12-14-25)6-4-10-27(34)36-26(23-7-2-1-3-8-23)21-32-28(35)24-9-5-17-31-20-24/h1-3,5,7-9,11-14,17,20,26H,4,6,10,15-16,18-19,21H2,(H,32,35). The van der Waals surface area contributed by atoms with Crippen LogP contribution in [0, 0.1) is 0 Å². The van der Waals surface area contributed by atoms with Gasteiger partial charge in [0.1, 0.15) is 6.10 Å². The van der Waals surface area contributed by atoms with Crippen LogP contribution < -0.4 is 10.2 Å². The first-order valence-electron chi connectivity index (χ1n) is 12.0. The van der Waals surface area contributed by atoms with Crippen LogP contribution in [0.4, 0.5) is 5.69 Å². The monoisotopic (exact) mass is 527 g/mol. The minimum absolute atomic E-state index is 0.173. The van der Waals surface area contributed by atoms with Gasteiger partial charge >= 0.3 is 5.97 Å². The minimum Gasteiger partial charge on any atom is -0.456 e. The average molecular weight is 528 g/mol. The third-order valence-electron chi connectivity index (χ3n) is 5.67. The Bertz CT molecular complexity index is 1060. The molecule has 3 rings (SSSR count). The van der Waals surface area contributed by atoms with E-state index >= 15 is 0 Å². The van der Waals surface area contributed by atoms with Gasteiger partial charge in [0.15, 0.2) is 0 Å². The number of aryl methyl sites for hydroxylation is 1. The third kappa shape index (κ3) is 8.85. The Morgan fingerprint density at radius 2 is 1.67 bits per heavy atom. The van der Waals surface area contributed by atoms with E-state index in [-0.39, 0.29) is 24.8 Å². The van der Waals surface area contributed by atoms with Gasteiger partial charge in [-0.05, 0) is 48.2 Å². The number of alkyl halides is 2. The van der Waals surface area contributed by atoms with Crippen LogP contribution >= 0.6 is 23.2 Å². The van der Waals surface area contributed by atoms with Crippen LogP contribution in [0.2, 0.25) is 0 Å². The van der Waals surface area contributed by atoms with Crippen LogP contribution in [0.5, 0.6) is 0 Å². The number of aromatic nitrogens is 1. The molecule has 0 aliphatic rings. The summed E-state index contributed by atoms with van der Waals surface area (Å²) in [6, 6.07) is 21.1. The molecule has 0 aliphatic carbocycles. The number of rotatable bonds is 14. The molecule has 0 radical (unpaired) electrons. The zero-order valence-corrected chi connectivity index (χ0v) is 21.6. The SMILES string of the molecule is O=C(CCCc1ccc(N(CCCl)CCCl)cc1)OC(CNC(=O)c1cccnc1)c1ccccc1. The van der Waals surface area contributed by atoms with E-state index in [1.807, 2.05) is 30.3 Å². The molecule has 2 aromatic carbocycles. The molecule has 1 heterocycles. The zero-order chi connectivity index (χ0) is 25.6. The fraction of sp³-hybridized carbons (Fsp3) is 0.321. The van der Waals surface area contributed by atoms with Crippen molar-refractivity contribution in [3.63, 3.8) is 0 Å². The van der Waals surface area contributed by atoms with E-state index in [1.165, 1.54) is 6.20 Å². The van der Waals surface area contributed by atoms with Crippen LogP contribution in [-0.2, 0) is 16.0 Å². The number of benzene rings is 2. The first-order valence-corrected chi connectivity index (χ1v) is 13.1. The second-order valence-electron chi connectivity index (χ2n) is 8.23. The van der Waals surface area contributed by atoms with Crippen LogP contribution in [0.25, 0.3) is 0 Å². The molecule has 1 N–H and O–H groups in total. The quantitative estimate of drug-likeness (QED) is 0.224. The van der Waals surface area contributed by atoms with Crippen LogP contribution in [0.1, 0.15) is 40.4 Å². The number of nitrogens with one attached hydrogen (secondary N) is 1. The molecule has 190 valence electrons. The van der Waals surface area contributed by atoms with Gasteiger partial charge < -0.3 is 15.0 Å². The van der Waals surface area contributed by atoms with Crippen LogP contribution in [0.3, 0.4) is 0 Å². The number of carbonyl (C=O) groups excluding carboxylic acids is 2. The van der Waals surface area contributed by atoms with E-state index in [0.29, 0.717) is 23.7 Å². The maximum Gasteiger partial charge on any atom is 0.306 e. The topological polar surface area (TPSA) is 71.5 Å². The molecule has 0 fully saturated rings. The number of pyridine rings is 1. The first-order chi connectivity index (χ1) is 17.6. The summed E-state index contributed by atoms with van der Waals surface area (Å²) < 4.78 is 5.76. The summed E-state index contributed by atoms with van der Waals surface area (Å²) >= 11 is 11.8. The van der Waals surface area contributed by atoms with Gasteiger partial charge in [-0.1, -0.05) is 42.5 Å². The van der Waals surface area contributed by atoms with Gasteiger partial charge in [-0.25, -0.2) is 0 Å². The number of halogens is 2. The summed E-state index contributed by atoms with van der Waals surface area (Å²) in [7, 11) is 0.